The van der Waals surface area contributed by atoms with Crippen LogP contribution in [0.2, 0.25) is 0 Å². The highest BCUT2D eigenvalue weighted by atomic mass is 19.1. The van der Waals surface area contributed by atoms with Crippen LogP contribution in [-0.4, -0.2) is 56.7 Å². The molecule has 0 unspecified atom stereocenters. The number of nitrogens with zero attached hydrogens (tertiary/aromatic N) is 2. The first-order valence-corrected chi connectivity index (χ1v) is 9.17. The van der Waals surface area contributed by atoms with Crippen LogP contribution in [0.25, 0.3) is 0 Å². The number of anilines is 1. The van der Waals surface area contributed by atoms with Gasteiger partial charge in [-0.3, -0.25) is 4.79 Å². The number of carbonyl (C=O) groups is 1. The van der Waals surface area contributed by atoms with Gasteiger partial charge < -0.3 is 19.9 Å². The van der Waals surface area contributed by atoms with E-state index in [1.807, 2.05) is 19.1 Å². The van der Waals surface area contributed by atoms with Gasteiger partial charge in [-0.15, -0.1) is 0 Å². The number of rotatable bonds is 5. The molecule has 25 heavy (non-hydrogen) atoms. The highest BCUT2D eigenvalue weighted by Crippen LogP contribution is 2.25. The van der Waals surface area contributed by atoms with E-state index in [-0.39, 0.29) is 23.9 Å². The zero-order valence-corrected chi connectivity index (χ0v) is 15.1. The van der Waals surface area contributed by atoms with E-state index in [9.17, 15) is 9.18 Å². The zero-order valence-electron chi connectivity index (χ0n) is 15.1. The molecule has 138 valence electrons. The molecule has 1 aromatic rings. The van der Waals surface area contributed by atoms with Crippen LogP contribution in [0.4, 0.5) is 10.1 Å². The van der Waals surface area contributed by atoms with Gasteiger partial charge >= 0.3 is 0 Å². The molecule has 2 aliphatic rings. The van der Waals surface area contributed by atoms with Gasteiger partial charge in [-0.05, 0) is 44.5 Å². The highest BCUT2D eigenvalue weighted by molar-refractivity contribution is 5.77. The Morgan fingerprint density at radius 2 is 2.12 bits per heavy atom. The van der Waals surface area contributed by atoms with E-state index in [4.69, 9.17) is 4.74 Å². The van der Waals surface area contributed by atoms with Crippen LogP contribution in [0.3, 0.4) is 0 Å². The Bertz CT molecular complexity index is 596. The number of hydrogen-bond donors (Lipinski definition) is 1. The molecule has 1 aromatic carbocycles. The summed E-state index contributed by atoms with van der Waals surface area (Å²) in [6.45, 7) is 6.18. The van der Waals surface area contributed by atoms with Crippen LogP contribution in [0, 0.1) is 5.82 Å². The molecule has 1 N–H and O–H groups in total. The number of benzene rings is 1. The van der Waals surface area contributed by atoms with E-state index >= 15 is 0 Å². The summed E-state index contributed by atoms with van der Waals surface area (Å²) in [6.07, 6.45) is 2.37. The first-order valence-electron chi connectivity index (χ1n) is 9.17. The molecule has 5 nitrogen and oxygen atoms in total. The number of hydrogen-bond acceptors (Lipinski definition) is 4. The summed E-state index contributed by atoms with van der Waals surface area (Å²) >= 11 is 0. The summed E-state index contributed by atoms with van der Waals surface area (Å²) < 4.78 is 20.1. The maximum absolute atomic E-state index is 14.6. The minimum Gasteiger partial charge on any atom is -0.378 e. The topological polar surface area (TPSA) is 44.8 Å². The lowest BCUT2D eigenvalue weighted by Gasteiger charge is -2.34. The summed E-state index contributed by atoms with van der Waals surface area (Å²) in [6, 6.07) is 5.07. The Morgan fingerprint density at radius 3 is 2.76 bits per heavy atom. The summed E-state index contributed by atoms with van der Waals surface area (Å²) in [5.74, 6) is -0.259. The van der Waals surface area contributed by atoms with Gasteiger partial charge in [0.25, 0.3) is 0 Å². The van der Waals surface area contributed by atoms with Crippen LogP contribution in [0.1, 0.15) is 37.8 Å². The van der Waals surface area contributed by atoms with Crippen molar-refractivity contribution >= 4 is 11.6 Å². The van der Waals surface area contributed by atoms with Gasteiger partial charge in [-0.25, -0.2) is 4.39 Å². The molecule has 1 amide bonds. The predicted molar refractivity (Wildman–Crippen MR) is 96.3 cm³/mol. The maximum Gasteiger partial charge on any atom is 0.223 e. The maximum atomic E-state index is 14.6. The molecule has 2 fully saturated rings. The van der Waals surface area contributed by atoms with Crippen molar-refractivity contribution < 1.29 is 13.9 Å². The Hall–Kier alpha value is -1.66. The third-order valence-corrected chi connectivity index (χ3v) is 5.13. The Balaban J connectivity index is 1.58. The summed E-state index contributed by atoms with van der Waals surface area (Å²) in [7, 11) is 2.08. The van der Waals surface area contributed by atoms with E-state index in [1.54, 1.807) is 6.07 Å². The number of halogens is 1. The van der Waals surface area contributed by atoms with Crippen molar-refractivity contribution in [2.45, 2.75) is 38.3 Å². The largest absolute Gasteiger partial charge is 0.378 e. The van der Waals surface area contributed by atoms with Gasteiger partial charge in [-0.2, -0.15) is 0 Å². The van der Waals surface area contributed by atoms with E-state index in [0.717, 1.165) is 51.2 Å². The highest BCUT2D eigenvalue weighted by Gasteiger charge is 2.21. The van der Waals surface area contributed by atoms with E-state index in [2.05, 4.69) is 22.2 Å². The number of likely N-dealkylation sites (N-methyl/N-ethyl adjacent to an activating group) is 1. The van der Waals surface area contributed by atoms with Crippen LogP contribution in [-0.2, 0) is 9.53 Å². The molecule has 2 heterocycles. The number of ether oxygens (including phenoxy) is 1. The normalized spacial score (nSPS) is 22.8. The van der Waals surface area contributed by atoms with Crippen molar-refractivity contribution in [3.05, 3.63) is 29.6 Å². The van der Waals surface area contributed by atoms with Gasteiger partial charge in [-0.1, -0.05) is 6.07 Å². The smallest absolute Gasteiger partial charge is 0.223 e. The average Bonchev–Trinajstić information content (AvgIpc) is 3.08. The van der Waals surface area contributed by atoms with Crippen molar-refractivity contribution in [3.8, 4) is 0 Å². The second-order valence-corrected chi connectivity index (χ2v) is 7.13. The molecule has 0 aliphatic carbocycles. The minimum absolute atomic E-state index is 0.0311. The van der Waals surface area contributed by atoms with Crippen molar-refractivity contribution in [1.82, 2.24) is 10.2 Å². The number of nitrogens with one attached hydrogen (secondary N) is 1. The van der Waals surface area contributed by atoms with E-state index < -0.39 is 0 Å². The lowest BCUT2D eigenvalue weighted by Crippen LogP contribution is -2.44. The number of amides is 1. The molecule has 0 bridgehead atoms. The first kappa shape index (κ1) is 18.1. The zero-order chi connectivity index (χ0) is 17.8. The molecule has 0 aromatic heterocycles. The molecule has 6 heteroatoms. The van der Waals surface area contributed by atoms with Crippen LogP contribution < -0.4 is 10.2 Å². The lowest BCUT2D eigenvalue weighted by molar-refractivity contribution is -0.123. The van der Waals surface area contributed by atoms with Gasteiger partial charge in [0.1, 0.15) is 5.82 Å². The van der Waals surface area contributed by atoms with Crippen molar-refractivity contribution in [2.75, 3.05) is 44.7 Å². The summed E-state index contributed by atoms with van der Waals surface area (Å²) in [4.78, 5) is 16.4. The molecule has 2 atom stereocenters. The van der Waals surface area contributed by atoms with Gasteiger partial charge in [0.15, 0.2) is 0 Å². The fourth-order valence-electron chi connectivity index (χ4n) is 3.49. The quantitative estimate of drug-likeness (QED) is 0.886. The second kappa shape index (κ2) is 8.15. The molecule has 3 rings (SSSR count). The fraction of sp³-hybridized carbons (Fsp3) is 0.632. The number of piperazine rings is 1. The van der Waals surface area contributed by atoms with Crippen molar-refractivity contribution in [2.24, 2.45) is 0 Å². The number of carbonyl (C=O) groups excluding carboxylic acids is 1. The first-order chi connectivity index (χ1) is 12.0. The molecule has 2 saturated heterocycles. The van der Waals surface area contributed by atoms with Crippen molar-refractivity contribution in [3.63, 3.8) is 0 Å². The van der Waals surface area contributed by atoms with Crippen LogP contribution in [0.15, 0.2) is 18.2 Å². The predicted octanol–water partition coefficient (Wildman–Crippen LogP) is 2.32. The second-order valence-electron chi connectivity index (χ2n) is 7.13. The van der Waals surface area contributed by atoms with E-state index in [1.165, 1.54) is 0 Å². The average molecular weight is 349 g/mol. The lowest BCUT2D eigenvalue weighted by atomic mass is 10.1. The third-order valence-electron chi connectivity index (χ3n) is 5.13. The van der Waals surface area contributed by atoms with Gasteiger partial charge in [0, 0.05) is 32.8 Å². The minimum atomic E-state index is -0.220. The summed E-state index contributed by atoms with van der Waals surface area (Å²) in [5, 5.41) is 2.95. The monoisotopic (exact) mass is 349 g/mol. The fourth-order valence-corrected chi connectivity index (χ4v) is 3.49. The molecular formula is C19H28FN3O2. The standard InChI is InChI=1S/C19H28FN3O2/c1-14(21-19(24)13-16-4-3-11-25-16)15-5-6-18(17(20)12-15)23-9-7-22(2)8-10-23/h5-6,12,14,16H,3-4,7-11,13H2,1-2H3,(H,21,24)/t14-,16+/m1/s1. The SMILES string of the molecule is C[C@@H](NC(=O)C[C@@H]1CCCO1)c1ccc(N2CCN(C)CC2)c(F)c1. The molecular weight excluding hydrogens is 321 g/mol. The molecule has 2 aliphatic heterocycles. The van der Waals surface area contributed by atoms with Gasteiger partial charge in [0.05, 0.1) is 24.3 Å². The van der Waals surface area contributed by atoms with E-state index in [0.29, 0.717) is 12.1 Å². The van der Waals surface area contributed by atoms with Gasteiger partial charge in [0.2, 0.25) is 5.91 Å². The Morgan fingerprint density at radius 1 is 1.36 bits per heavy atom. The molecule has 0 radical (unpaired) electrons. The third kappa shape index (κ3) is 4.70. The Labute approximate surface area is 149 Å². The summed E-state index contributed by atoms with van der Waals surface area (Å²) in [5.41, 5.74) is 1.44. The van der Waals surface area contributed by atoms with Crippen LogP contribution >= 0.6 is 0 Å². The molecule has 0 spiro atoms. The Kier molecular flexibility index (Phi) is 5.91. The van der Waals surface area contributed by atoms with Crippen molar-refractivity contribution in [1.29, 1.82) is 0 Å². The van der Waals surface area contributed by atoms with Crippen LogP contribution in [0.5, 0.6) is 0 Å². The molecule has 0 saturated carbocycles.